The summed E-state index contributed by atoms with van der Waals surface area (Å²) in [5, 5.41) is 15.2. The summed E-state index contributed by atoms with van der Waals surface area (Å²) in [6, 6.07) is 15.9. The van der Waals surface area contributed by atoms with Gasteiger partial charge in [0.05, 0.1) is 12.5 Å². The molecule has 1 atom stereocenters. The molecule has 0 aliphatic rings. The Hall–Kier alpha value is -3.30. The summed E-state index contributed by atoms with van der Waals surface area (Å²) in [6.07, 6.45) is 2.38. The van der Waals surface area contributed by atoms with Crippen LogP contribution in [0.2, 0.25) is 0 Å². The Bertz CT molecular complexity index is 1040. The number of para-hydroxylation sites is 1. The molecular formula is C22H21ClN4O2. The van der Waals surface area contributed by atoms with E-state index in [-0.39, 0.29) is 24.8 Å². The predicted octanol–water partition coefficient (Wildman–Crippen LogP) is 3.28. The molecule has 1 unspecified atom stereocenters. The number of nitrogens with one attached hydrogen (secondary N) is 3. The van der Waals surface area contributed by atoms with Gasteiger partial charge in [0.2, 0.25) is 5.91 Å². The summed E-state index contributed by atoms with van der Waals surface area (Å²) in [7, 11) is 0. The third kappa shape index (κ3) is 5.15. The van der Waals surface area contributed by atoms with E-state index in [2.05, 4.69) is 15.6 Å². The van der Waals surface area contributed by atoms with Crippen molar-refractivity contribution in [2.75, 3.05) is 6.54 Å². The quantitative estimate of drug-likeness (QED) is 0.394. The van der Waals surface area contributed by atoms with Gasteiger partial charge in [-0.2, -0.15) is 5.26 Å². The van der Waals surface area contributed by atoms with E-state index in [9.17, 15) is 9.59 Å². The molecule has 2 amide bonds. The van der Waals surface area contributed by atoms with Gasteiger partial charge in [-0.15, -0.1) is 11.6 Å². The number of hydrogen-bond donors (Lipinski definition) is 3. The minimum Gasteiger partial charge on any atom is -0.361 e. The van der Waals surface area contributed by atoms with Crippen molar-refractivity contribution in [3.8, 4) is 6.07 Å². The van der Waals surface area contributed by atoms with E-state index < -0.39 is 6.04 Å². The van der Waals surface area contributed by atoms with E-state index in [1.807, 2.05) is 36.5 Å². The second-order valence-electron chi connectivity index (χ2n) is 6.62. The van der Waals surface area contributed by atoms with Crippen molar-refractivity contribution >= 4 is 34.3 Å². The van der Waals surface area contributed by atoms with Crippen LogP contribution in [0.15, 0.2) is 54.7 Å². The molecule has 0 spiro atoms. The van der Waals surface area contributed by atoms with Gasteiger partial charge in [-0.25, -0.2) is 0 Å². The predicted molar refractivity (Wildman–Crippen MR) is 112 cm³/mol. The minimum atomic E-state index is -0.770. The summed E-state index contributed by atoms with van der Waals surface area (Å²) in [6.45, 7) is 0.236. The molecule has 0 saturated heterocycles. The third-order valence-corrected chi connectivity index (χ3v) is 4.94. The van der Waals surface area contributed by atoms with E-state index in [1.165, 1.54) is 0 Å². The highest BCUT2D eigenvalue weighted by Gasteiger charge is 2.23. The van der Waals surface area contributed by atoms with E-state index in [1.54, 1.807) is 24.3 Å². The zero-order chi connectivity index (χ0) is 20.6. The number of rotatable bonds is 8. The standard InChI is InChI=1S/C22H21ClN4O2/c23-13-15-6-8-16(9-7-15)21(28)27-20(22(29)25-11-3-10-24)12-17-14-26-19-5-2-1-4-18(17)19/h1-2,4-9,14,20,26H,3,11-13H2,(H,25,29)(H,27,28). The van der Waals surface area contributed by atoms with Gasteiger partial charge in [0, 0.05) is 41.5 Å². The number of hydrogen-bond acceptors (Lipinski definition) is 3. The third-order valence-electron chi connectivity index (χ3n) is 4.63. The number of alkyl halides is 1. The van der Waals surface area contributed by atoms with Crippen molar-refractivity contribution < 1.29 is 9.59 Å². The molecular weight excluding hydrogens is 388 g/mol. The SMILES string of the molecule is N#CCCNC(=O)C(Cc1c[nH]c2ccccc12)NC(=O)c1ccc(CCl)cc1. The summed E-state index contributed by atoms with van der Waals surface area (Å²) >= 11 is 5.79. The average molecular weight is 409 g/mol. The van der Waals surface area contributed by atoms with E-state index in [4.69, 9.17) is 16.9 Å². The number of carbonyl (C=O) groups excluding carboxylic acids is 2. The van der Waals surface area contributed by atoms with Gasteiger partial charge in [0.1, 0.15) is 6.04 Å². The van der Waals surface area contributed by atoms with Crippen molar-refractivity contribution in [1.82, 2.24) is 15.6 Å². The highest BCUT2D eigenvalue weighted by molar-refractivity contribution is 6.17. The first-order valence-corrected chi connectivity index (χ1v) is 9.81. The lowest BCUT2D eigenvalue weighted by atomic mass is 10.0. The largest absolute Gasteiger partial charge is 0.361 e. The number of amides is 2. The average Bonchev–Trinajstić information content (AvgIpc) is 3.16. The number of benzene rings is 2. The number of aromatic amines is 1. The molecule has 3 rings (SSSR count). The molecule has 3 aromatic rings. The summed E-state index contributed by atoms with van der Waals surface area (Å²) in [5.41, 5.74) is 3.26. The van der Waals surface area contributed by atoms with Crippen LogP contribution in [0.5, 0.6) is 0 Å². The summed E-state index contributed by atoms with van der Waals surface area (Å²) in [4.78, 5) is 28.6. The first-order valence-electron chi connectivity index (χ1n) is 9.27. The van der Waals surface area contributed by atoms with Gasteiger partial charge in [-0.05, 0) is 29.3 Å². The van der Waals surface area contributed by atoms with Crippen molar-refractivity contribution in [2.24, 2.45) is 0 Å². The molecule has 7 heteroatoms. The Morgan fingerprint density at radius 1 is 1.14 bits per heavy atom. The number of aromatic nitrogens is 1. The highest BCUT2D eigenvalue weighted by atomic mass is 35.5. The van der Waals surface area contributed by atoms with Crippen LogP contribution < -0.4 is 10.6 Å². The van der Waals surface area contributed by atoms with Crippen LogP contribution in [0.1, 0.15) is 27.9 Å². The molecule has 0 saturated carbocycles. The Balaban J connectivity index is 1.79. The van der Waals surface area contributed by atoms with Crippen LogP contribution in [-0.4, -0.2) is 29.4 Å². The monoisotopic (exact) mass is 408 g/mol. The Morgan fingerprint density at radius 3 is 2.62 bits per heavy atom. The van der Waals surface area contributed by atoms with Crippen LogP contribution in [-0.2, 0) is 17.1 Å². The molecule has 1 heterocycles. The molecule has 1 aromatic heterocycles. The van der Waals surface area contributed by atoms with Crippen molar-refractivity contribution in [3.05, 3.63) is 71.4 Å². The smallest absolute Gasteiger partial charge is 0.251 e. The zero-order valence-electron chi connectivity index (χ0n) is 15.7. The van der Waals surface area contributed by atoms with Crippen LogP contribution in [0, 0.1) is 11.3 Å². The van der Waals surface area contributed by atoms with Crippen LogP contribution in [0.4, 0.5) is 0 Å². The number of H-pyrrole nitrogens is 1. The number of fused-ring (bicyclic) bond motifs is 1. The summed E-state index contributed by atoms with van der Waals surface area (Å²) < 4.78 is 0. The fraction of sp³-hybridized carbons (Fsp3) is 0.227. The first-order chi connectivity index (χ1) is 14.1. The van der Waals surface area contributed by atoms with Crippen LogP contribution in [0.3, 0.4) is 0 Å². The van der Waals surface area contributed by atoms with E-state index >= 15 is 0 Å². The van der Waals surface area contributed by atoms with Crippen LogP contribution in [0.25, 0.3) is 10.9 Å². The molecule has 29 heavy (non-hydrogen) atoms. The maximum atomic E-state index is 12.7. The Labute approximate surface area is 173 Å². The van der Waals surface area contributed by atoms with Gasteiger partial charge in [-0.1, -0.05) is 30.3 Å². The van der Waals surface area contributed by atoms with Crippen LogP contribution >= 0.6 is 11.6 Å². The molecule has 3 N–H and O–H groups in total. The maximum absolute atomic E-state index is 12.7. The second-order valence-corrected chi connectivity index (χ2v) is 6.89. The first kappa shape index (κ1) is 20.4. The molecule has 0 bridgehead atoms. The lowest BCUT2D eigenvalue weighted by Crippen LogP contribution is -2.48. The molecule has 2 aromatic carbocycles. The van der Waals surface area contributed by atoms with Crippen molar-refractivity contribution in [1.29, 1.82) is 5.26 Å². The Morgan fingerprint density at radius 2 is 1.90 bits per heavy atom. The molecule has 148 valence electrons. The summed E-state index contributed by atoms with van der Waals surface area (Å²) in [5.74, 6) is -0.297. The van der Waals surface area contributed by atoms with Gasteiger partial charge < -0.3 is 15.6 Å². The molecule has 0 aliphatic carbocycles. The molecule has 0 fully saturated rings. The number of halogens is 1. The molecule has 0 aliphatic heterocycles. The van der Waals surface area contributed by atoms with Crippen molar-refractivity contribution in [3.63, 3.8) is 0 Å². The normalized spacial score (nSPS) is 11.6. The zero-order valence-corrected chi connectivity index (χ0v) is 16.5. The fourth-order valence-corrected chi connectivity index (χ4v) is 3.26. The van der Waals surface area contributed by atoms with Gasteiger partial charge in [0.15, 0.2) is 0 Å². The number of nitrogens with zero attached hydrogens (tertiary/aromatic N) is 1. The second kappa shape index (κ2) is 9.76. The minimum absolute atomic E-state index is 0.208. The lowest BCUT2D eigenvalue weighted by molar-refractivity contribution is -0.122. The van der Waals surface area contributed by atoms with E-state index in [0.29, 0.717) is 17.9 Å². The number of nitriles is 1. The fourth-order valence-electron chi connectivity index (χ4n) is 3.08. The molecule has 0 radical (unpaired) electrons. The number of carbonyl (C=O) groups is 2. The Kier molecular flexibility index (Phi) is 6.88. The van der Waals surface area contributed by atoms with Crippen molar-refractivity contribution in [2.45, 2.75) is 24.8 Å². The van der Waals surface area contributed by atoms with Gasteiger partial charge in [0.25, 0.3) is 5.91 Å². The highest BCUT2D eigenvalue weighted by Crippen LogP contribution is 2.19. The van der Waals surface area contributed by atoms with Gasteiger partial charge in [-0.3, -0.25) is 9.59 Å². The van der Waals surface area contributed by atoms with E-state index in [0.717, 1.165) is 22.0 Å². The maximum Gasteiger partial charge on any atom is 0.251 e. The topological polar surface area (TPSA) is 97.8 Å². The molecule has 6 nitrogen and oxygen atoms in total. The lowest BCUT2D eigenvalue weighted by Gasteiger charge is -2.18. The van der Waals surface area contributed by atoms with Gasteiger partial charge >= 0.3 is 0 Å².